The fraction of sp³-hybridized carbons (Fsp3) is 0.278. The van der Waals surface area contributed by atoms with E-state index in [0.29, 0.717) is 11.7 Å². The first-order valence-electron chi connectivity index (χ1n) is 8.28. The van der Waals surface area contributed by atoms with Crippen LogP contribution in [0.2, 0.25) is 0 Å². The summed E-state index contributed by atoms with van der Waals surface area (Å²) < 4.78 is 13.2. The van der Waals surface area contributed by atoms with Crippen LogP contribution < -0.4 is 10.1 Å². The van der Waals surface area contributed by atoms with Crippen molar-refractivity contribution in [3.63, 3.8) is 0 Å². The van der Waals surface area contributed by atoms with Gasteiger partial charge in [0, 0.05) is 17.6 Å². The largest absolute Gasteiger partial charge is 0.484 e. The molecule has 134 valence electrons. The van der Waals surface area contributed by atoms with Gasteiger partial charge in [0.25, 0.3) is 5.89 Å². The molecule has 3 aromatic heterocycles. The third-order valence-electron chi connectivity index (χ3n) is 3.94. The van der Waals surface area contributed by atoms with Gasteiger partial charge in [0.2, 0.25) is 5.82 Å². The second-order valence-electron chi connectivity index (χ2n) is 6.02. The van der Waals surface area contributed by atoms with Gasteiger partial charge in [-0.05, 0) is 38.6 Å². The van der Waals surface area contributed by atoms with E-state index in [2.05, 4.69) is 27.4 Å². The van der Waals surface area contributed by atoms with E-state index in [9.17, 15) is 0 Å². The lowest BCUT2D eigenvalue weighted by molar-refractivity contribution is 0.243. The van der Waals surface area contributed by atoms with Crippen molar-refractivity contribution in [2.45, 2.75) is 27.0 Å². The van der Waals surface area contributed by atoms with Crippen LogP contribution >= 0.6 is 11.3 Å². The highest BCUT2D eigenvalue weighted by Gasteiger charge is 2.18. The zero-order valence-corrected chi connectivity index (χ0v) is 15.6. The number of fused-ring (bicyclic) bond motifs is 1. The third-order valence-corrected chi connectivity index (χ3v) is 4.84. The topological polar surface area (TPSA) is 77.5 Å². The molecular formula is C18H19N5O2S. The lowest BCUT2D eigenvalue weighted by Crippen LogP contribution is -2.05. The van der Waals surface area contributed by atoms with E-state index in [1.807, 2.05) is 48.8 Å². The predicted octanol–water partition coefficient (Wildman–Crippen LogP) is 3.36. The molecule has 1 aromatic carbocycles. The van der Waals surface area contributed by atoms with Crippen LogP contribution in [0.5, 0.6) is 5.75 Å². The Balaban J connectivity index is 1.53. The summed E-state index contributed by atoms with van der Waals surface area (Å²) in [7, 11) is 1.91. The molecule has 0 atom stereocenters. The van der Waals surface area contributed by atoms with Crippen molar-refractivity contribution in [1.29, 1.82) is 0 Å². The molecule has 0 amide bonds. The van der Waals surface area contributed by atoms with E-state index in [-0.39, 0.29) is 6.61 Å². The molecule has 4 aromatic rings. The number of rotatable bonds is 6. The van der Waals surface area contributed by atoms with Crippen LogP contribution in [0.15, 0.2) is 35.0 Å². The van der Waals surface area contributed by atoms with Crippen molar-refractivity contribution in [3.05, 3.63) is 52.5 Å². The van der Waals surface area contributed by atoms with Crippen LogP contribution in [0, 0.1) is 13.8 Å². The van der Waals surface area contributed by atoms with Crippen LogP contribution in [0.25, 0.3) is 16.5 Å². The van der Waals surface area contributed by atoms with E-state index in [4.69, 9.17) is 9.26 Å². The zero-order chi connectivity index (χ0) is 18.1. The van der Waals surface area contributed by atoms with Crippen molar-refractivity contribution in [3.8, 4) is 17.3 Å². The molecule has 0 saturated heterocycles. The summed E-state index contributed by atoms with van der Waals surface area (Å²) in [5, 5.41) is 7.23. The molecule has 0 unspecified atom stereocenters. The van der Waals surface area contributed by atoms with Gasteiger partial charge < -0.3 is 14.6 Å². The lowest BCUT2D eigenvalue weighted by Gasteiger charge is -2.05. The van der Waals surface area contributed by atoms with Crippen LogP contribution in [-0.4, -0.2) is 26.6 Å². The van der Waals surface area contributed by atoms with Gasteiger partial charge in [-0.2, -0.15) is 4.98 Å². The standard InChI is InChI=1S/C18H19N5O2S/c1-11-9-23-16(12(2)20-18(23)26-11)17-21-15(25-22-17)10-24-14-6-4-5-13(7-14)8-19-3/h4-7,9,19H,8,10H2,1-3H3. The molecule has 0 aliphatic carbocycles. The molecule has 0 spiro atoms. The van der Waals surface area contributed by atoms with Crippen molar-refractivity contribution in [2.75, 3.05) is 7.05 Å². The van der Waals surface area contributed by atoms with Gasteiger partial charge >= 0.3 is 0 Å². The minimum absolute atomic E-state index is 0.222. The molecule has 7 nitrogen and oxygen atoms in total. The minimum atomic E-state index is 0.222. The SMILES string of the molecule is CNCc1cccc(OCc2nc(-c3c(C)nc4sc(C)cn34)no2)c1. The molecule has 0 aliphatic rings. The Labute approximate surface area is 154 Å². The Morgan fingerprint density at radius 3 is 3.00 bits per heavy atom. The Morgan fingerprint density at radius 2 is 2.15 bits per heavy atom. The fourth-order valence-electron chi connectivity index (χ4n) is 2.84. The van der Waals surface area contributed by atoms with E-state index in [0.717, 1.165) is 34.2 Å². The van der Waals surface area contributed by atoms with Crippen LogP contribution in [0.4, 0.5) is 0 Å². The number of benzene rings is 1. The summed E-state index contributed by atoms with van der Waals surface area (Å²) in [6.45, 7) is 5.01. The maximum Gasteiger partial charge on any atom is 0.264 e. The Hall–Kier alpha value is -2.71. The lowest BCUT2D eigenvalue weighted by atomic mass is 10.2. The average Bonchev–Trinajstić information content (AvgIpc) is 3.28. The molecular weight excluding hydrogens is 350 g/mol. The smallest absolute Gasteiger partial charge is 0.264 e. The fourth-order valence-corrected chi connectivity index (χ4v) is 3.71. The number of aryl methyl sites for hydroxylation is 2. The number of ether oxygens (including phenoxy) is 1. The van der Waals surface area contributed by atoms with Crippen molar-refractivity contribution in [2.24, 2.45) is 0 Å². The van der Waals surface area contributed by atoms with E-state index in [1.54, 1.807) is 11.3 Å². The van der Waals surface area contributed by atoms with Crippen LogP contribution in [0.3, 0.4) is 0 Å². The normalized spacial score (nSPS) is 11.3. The second kappa shape index (κ2) is 6.89. The number of thiazole rings is 1. The first kappa shape index (κ1) is 16.7. The van der Waals surface area contributed by atoms with Crippen LogP contribution in [-0.2, 0) is 13.2 Å². The van der Waals surface area contributed by atoms with Gasteiger partial charge in [0.05, 0.1) is 5.69 Å². The highest BCUT2D eigenvalue weighted by atomic mass is 32.1. The highest BCUT2D eigenvalue weighted by Crippen LogP contribution is 2.27. The van der Waals surface area contributed by atoms with Crippen molar-refractivity contribution < 1.29 is 9.26 Å². The molecule has 4 rings (SSSR count). The molecule has 3 heterocycles. The Bertz CT molecular complexity index is 1050. The van der Waals surface area contributed by atoms with Gasteiger partial charge in [-0.25, -0.2) is 4.98 Å². The number of hydrogen-bond donors (Lipinski definition) is 1. The molecule has 0 saturated carbocycles. The van der Waals surface area contributed by atoms with E-state index >= 15 is 0 Å². The van der Waals surface area contributed by atoms with Gasteiger partial charge in [-0.1, -0.05) is 17.3 Å². The van der Waals surface area contributed by atoms with Gasteiger partial charge in [-0.3, -0.25) is 4.40 Å². The number of hydrogen-bond acceptors (Lipinski definition) is 7. The maximum atomic E-state index is 5.79. The van der Waals surface area contributed by atoms with Crippen LogP contribution in [0.1, 0.15) is 22.0 Å². The molecule has 1 N–H and O–H groups in total. The van der Waals surface area contributed by atoms with Gasteiger partial charge in [0.1, 0.15) is 11.4 Å². The monoisotopic (exact) mass is 369 g/mol. The molecule has 8 heteroatoms. The third kappa shape index (κ3) is 3.21. The number of nitrogens with one attached hydrogen (secondary N) is 1. The minimum Gasteiger partial charge on any atom is -0.484 e. The molecule has 0 aliphatic heterocycles. The van der Waals surface area contributed by atoms with Gasteiger partial charge in [-0.15, -0.1) is 11.3 Å². The molecule has 0 fully saturated rings. The Morgan fingerprint density at radius 1 is 1.27 bits per heavy atom. The maximum absolute atomic E-state index is 5.79. The van der Waals surface area contributed by atoms with Gasteiger partial charge in [0.15, 0.2) is 11.6 Å². The summed E-state index contributed by atoms with van der Waals surface area (Å²) >= 11 is 1.64. The average molecular weight is 369 g/mol. The summed E-state index contributed by atoms with van der Waals surface area (Å²) in [6.07, 6.45) is 2.04. The first-order valence-corrected chi connectivity index (χ1v) is 9.10. The predicted molar refractivity (Wildman–Crippen MR) is 99.4 cm³/mol. The number of imidazole rings is 1. The zero-order valence-electron chi connectivity index (χ0n) is 14.8. The van der Waals surface area contributed by atoms with E-state index < -0.39 is 0 Å². The second-order valence-corrected chi connectivity index (χ2v) is 7.23. The Kier molecular flexibility index (Phi) is 4.44. The quantitative estimate of drug-likeness (QED) is 0.561. The van der Waals surface area contributed by atoms with Crippen molar-refractivity contribution in [1.82, 2.24) is 24.8 Å². The molecule has 26 heavy (non-hydrogen) atoms. The summed E-state index contributed by atoms with van der Waals surface area (Å²) in [5.74, 6) is 1.73. The van der Waals surface area contributed by atoms with Crippen molar-refractivity contribution >= 4 is 16.3 Å². The summed E-state index contributed by atoms with van der Waals surface area (Å²) in [4.78, 5) is 11.2. The summed E-state index contributed by atoms with van der Waals surface area (Å²) in [6, 6.07) is 7.92. The summed E-state index contributed by atoms with van der Waals surface area (Å²) in [5.41, 5.74) is 2.89. The highest BCUT2D eigenvalue weighted by molar-refractivity contribution is 7.17. The van der Waals surface area contributed by atoms with E-state index in [1.165, 1.54) is 4.88 Å². The number of nitrogens with zero attached hydrogens (tertiary/aromatic N) is 4. The molecule has 0 bridgehead atoms. The first-order chi connectivity index (χ1) is 12.6. The molecule has 0 radical (unpaired) electrons. The number of aromatic nitrogens is 4.